The van der Waals surface area contributed by atoms with Crippen molar-refractivity contribution in [2.75, 3.05) is 26.9 Å². The molecule has 0 spiro atoms. The number of ether oxygens (including phenoxy) is 3. The molecule has 0 aliphatic heterocycles. The van der Waals surface area contributed by atoms with Crippen molar-refractivity contribution in [1.29, 1.82) is 0 Å². The second kappa shape index (κ2) is 9.62. The molecule has 0 radical (unpaired) electrons. The Kier molecular flexibility index (Phi) is 7.77. The monoisotopic (exact) mass is 310 g/mol. The first kappa shape index (κ1) is 17.8. The van der Waals surface area contributed by atoms with Crippen LogP contribution in [0.15, 0.2) is 24.3 Å². The first-order chi connectivity index (χ1) is 10.6. The molecule has 0 aliphatic rings. The summed E-state index contributed by atoms with van der Waals surface area (Å²) in [5.74, 6) is 0.261. The predicted octanol–water partition coefficient (Wildman–Crippen LogP) is 0.854. The van der Waals surface area contributed by atoms with Gasteiger partial charge in [0.25, 0.3) is 0 Å². The van der Waals surface area contributed by atoms with Gasteiger partial charge in [0, 0.05) is 0 Å². The quantitative estimate of drug-likeness (QED) is 0.545. The zero-order valence-electron chi connectivity index (χ0n) is 12.8. The molecule has 1 aromatic carbocycles. The van der Waals surface area contributed by atoms with Crippen molar-refractivity contribution >= 4 is 12.1 Å². The maximum absolute atomic E-state index is 11.5. The number of rotatable bonds is 8. The van der Waals surface area contributed by atoms with Crippen molar-refractivity contribution in [1.82, 2.24) is 5.32 Å². The molecule has 3 N–H and O–H groups in total. The number of carbonyl (C=O) groups is 2. The minimum atomic E-state index is -0.670. The first-order valence-electron chi connectivity index (χ1n) is 7.02. The second-order valence-electron chi connectivity index (χ2n) is 4.47. The minimum absolute atomic E-state index is 0.318. The molecule has 0 aromatic heterocycles. The number of hydrogen-bond donors (Lipinski definition) is 2. The fourth-order valence-corrected chi connectivity index (χ4v) is 1.70. The number of hydrogen-bond acceptors (Lipinski definition) is 6. The van der Waals surface area contributed by atoms with Gasteiger partial charge in [0.15, 0.2) is 0 Å². The van der Waals surface area contributed by atoms with Gasteiger partial charge in [-0.15, -0.1) is 0 Å². The predicted molar refractivity (Wildman–Crippen MR) is 80.7 cm³/mol. The second-order valence-corrected chi connectivity index (χ2v) is 4.47. The van der Waals surface area contributed by atoms with Gasteiger partial charge in [-0.25, -0.2) is 4.79 Å². The summed E-state index contributed by atoms with van der Waals surface area (Å²) in [6.07, 6.45) is -0.0878. The van der Waals surface area contributed by atoms with E-state index in [1.165, 1.54) is 7.11 Å². The zero-order chi connectivity index (χ0) is 16.4. The van der Waals surface area contributed by atoms with Crippen LogP contribution in [0.5, 0.6) is 5.75 Å². The first-order valence-corrected chi connectivity index (χ1v) is 7.02. The molecule has 22 heavy (non-hydrogen) atoms. The molecule has 0 unspecified atom stereocenters. The maximum Gasteiger partial charge on any atom is 0.406 e. The Balaban J connectivity index is 2.36. The highest BCUT2D eigenvalue weighted by Gasteiger charge is 2.14. The lowest BCUT2D eigenvalue weighted by atomic mass is 10.1. The van der Waals surface area contributed by atoms with E-state index in [0.717, 1.165) is 5.56 Å². The normalized spacial score (nSPS) is 11.4. The van der Waals surface area contributed by atoms with Crippen molar-refractivity contribution in [3.63, 3.8) is 0 Å². The Morgan fingerprint density at radius 2 is 1.95 bits per heavy atom. The third kappa shape index (κ3) is 6.45. The van der Waals surface area contributed by atoms with Crippen molar-refractivity contribution in [2.24, 2.45) is 5.73 Å². The summed E-state index contributed by atoms with van der Waals surface area (Å²) < 4.78 is 14.8. The number of esters is 1. The fraction of sp³-hybridized carbons (Fsp3) is 0.467. The summed E-state index contributed by atoms with van der Waals surface area (Å²) in [6.45, 7) is 2.74. The maximum atomic E-state index is 11.5. The summed E-state index contributed by atoms with van der Waals surface area (Å²) in [6, 6.07) is 6.57. The highest BCUT2D eigenvalue weighted by molar-refractivity contribution is 5.75. The van der Waals surface area contributed by atoms with E-state index in [1.807, 2.05) is 12.1 Å². The molecule has 0 fully saturated rings. The van der Waals surface area contributed by atoms with E-state index in [2.05, 4.69) is 10.1 Å². The average Bonchev–Trinajstić information content (AvgIpc) is 2.53. The van der Waals surface area contributed by atoms with Crippen molar-refractivity contribution < 1.29 is 23.8 Å². The third-order valence-electron chi connectivity index (χ3n) is 2.79. The molecular formula is C15H22N2O5. The summed E-state index contributed by atoms with van der Waals surface area (Å²) in [4.78, 5) is 22.3. The van der Waals surface area contributed by atoms with Crippen LogP contribution in [0.25, 0.3) is 0 Å². The summed E-state index contributed by atoms with van der Waals surface area (Å²) >= 11 is 0. The average molecular weight is 310 g/mol. The van der Waals surface area contributed by atoms with E-state index >= 15 is 0 Å². The number of benzene rings is 1. The standard InChI is InChI=1S/C15H22N2O5/c1-3-21-14(18)13(16)10-11-4-6-12(7-5-11)22-9-8-17-15(19)20-2/h4-7,13H,3,8-10,16H2,1-2H3,(H,17,19)/t13-/m1/s1. The number of methoxy groups -OCH3 is 1. The largest absolute Gasteiger partial charge is 0.492 e. The molecule has 0 saturated carbocycles. The minimum Gasteiger partial charge on any atom is -0.492 e. The van der Waals surface area contributed by atoms with E-state index in [0.29, 0.717) is 31.9 Å². The Hall–Kier alpha value is -2.28. The van der Waals surface area contributed by atoms with E-state index in [1.54, 1.807) is 19.1 Å². The molecule has 1 amide bonds. The highest BCUT2D eigenvalue weighted by Crippen LogP contribution is 2.13. The van der Waals surface area contributed by atoms with Crippen LogP contribution in [0.4, 0.5) is 4.79 Å². The third-order valence-corrected chi connectivity index (χ3v) is 2.79. The van der Waals surface area contributed by atoms with Crippen LogP contribution in [-0.4, -0.2) is 45.0 Å². The molecule has 7 heteroatoms. The van der Waals surface area contributed by atoms with Crippen LogP contribution in [0.1, 0.15) is 12.5 Å². The lowest BCUT2D eigenvalue weighted by Crippen LogP contribution is -2.34. The van der Waals surface area contributed by atoms with Gasteiger partial charge in [-0.2, -0.15) is 0 Å². The van der Waals surface area contributed by atoms with Gasteiger partial charge in [-0.3, -0.25) is 4.79 Å². The Labute approximate surface area is 129 Å². The van der Waals surface area contributed by atoms with E-state index < -0.39 is 18.1 Å². The Bertz CT molecular complexity index is 475. The summed E-state index contributed by atoms with van der Waals surface area (Å²) in [5, 5.41) is 2.51. The van der Waals surface area contributed by atoms with E-state index in [-0.39, 0.29) is 0 Å². The van der Waals surface area contributed by atoms with Gasteiger partial charge >= 0.3 is 12.1 Å². The zero-order valence-corrected chi connectivity index (χ0v) is 12.8. The van der Waals surface area contributed by atoms with E-state index in [9.17, 15) is 9.59 Å². The molecular weight excluding hydrogens is 288 g/mol. The number of carbonyl (C=O) groups excluding carboxylic acids is 2. The van der Waals surface area contributed by atoms with Gasteiger partial charge < -0.3 is 25.3 Å². The molecule has 0 bridgehead atoms. The Morgan fingerprint density at radius 3 is 2.55 bits per heavy atom. The molecule has 1 atom stereocenters. The molecule has 1 rings (SSSR count). The van der Waals surface area contributed by atoms with Crippen molar-refractivity contribution in [3.05, 3.63) is 29.8 Å². The Morgan fingerprint density at radius 1 is 1.27 bits per heavy atom. The topological polar surface area (TPSA) is 99.9 Å². The molecule has 122 valence electrons. The molecule has 0 heterocycles. The summed E-state index contributed by atoms with van der Waals surface area (Å²) in [5.41, 5.74) is 6.67. The number of alkyl carbamates (subject to hydrolysis) is 1. The molecule has 0 aliphatic carbocycles. The van der Waals surface area contributed by atoms with Gasteiger partial charge in [0.1, 0.15) is 18.4 Å². The van der Waals surface area contributed by atoms with Gasteiger partial charge in [0.05, 0.1) is 20.3 Å². The highest BCUT2D eigenvalue weighted by atomic mass is 16.5. The molecule has 1 aromatic rings. The van der Waals surface area contributed by atoms with Crippen LogP contribution >= 0.6 is 0 Å². The van der Waals surface area contributed by atoms with Gasteiger partial charge in [0.2, 0.25) is 0 Å². The number of nitrogens with two attached hydrogens (primary N) is 1. The molecule has 7 nitrogen and oxygen atoms in total. The van der Waals surface area contributed by atoms with Gasteiger partial charge in [-0.05, 0) is 31.0 Å². The van der Waals surface area contributed by atoms with Crippen LogP contribution < -0.4 is 15.8 Å². The lowest BCUT2D eigenvalue weighted by molar-refractivity contribution is -0.144. The van der Waals surface area contributed by atoms with Crippen LogP contribution in [-0.2, 0) is 20.7 Å². The SMILES string of the molecule is CCOC(=O)[C@H](N)Cc1ccc(OCCNC(=O)OC)cc1. The smallest absolute Gasteiger partial charge is 0.406 e. The van der Waals surface area contributed by atoms with Gasteiger partial charge in [-0.1, -0.05) is 12.1 Å². The lowest BCUT2D eigenvalue weighted by Gasteiger charge is -2.11. The number of nitrogens with one attached hydrogen (secondary N) is 1. The van der Waals surface area contributed by atoms with Crippen LogP contribution in [0.3, 0.4) is 0 Å². The summed E-state index contributed by atoms with van der Waals surface area (Å²) in [7, 11) is 1.30. The van der Waals surface area contributed by atoms with Crippen molar-refractivity contribution in [3.8, 4) is 5.75 Å². The fourth-order valence-electron chi connectivity index (χ4n) is 1.70. The van der Waals surface area contributed by atoms with Crippen LogP contribution in [0, 0.1) is 0 Å². The molecule has 0 saturated heterocycles. The van der Waals surface area contributed by atoms with E-state index in [4.69, 9.17) is 15.2 Å². The number of amides is 1. The van der Waals surface area contributed by atoms with Crippen LogP contribution in [0.2, 0.25) is 0 Å². The van der Waals surface area contributed by atoms with Crippen molar-refractivity contribution in [2.45, 2.75) is 19.4 Å².